The molecule has 1 aromatic carbocycles. The molecule has 0 fully saturated rings. The van der Waals surface area contributed by atoms with Crippen LogP contribution in [0.25, 0.3) is 0 Å². The van der Waals surface area contributed by atoms with Gasteiger partial charge in [0.05, 0.1) is 0 Å². The lowest BCUT2D eigenvalue weighted by Crippen LogP contribution is -2.40. The van der Waals surface area contributed by atoms with E-state index in [1.165, 1.54) is 0 Å². The van der Waals surface area contributed by atoms with Gasteiger partial charge in [-0.1, -0.05) is 32.0 Å². The van der Waals surface area contributed by atoms with E-state index < -0.39 is 6.10 Å². The van der Waals surface area contributed by atoms with Crippen LogP contribution in [-0.4, -0.2) is 42.4 Å². The summed E-state index contributed by atoms with van der Waals surface area (Å²) in [6.45, 7) is 7.86. The smallest absolute Gasteiger partial charge is 0.123 e. The molecule has 1 rings (SSSR count). The number of benzene rings is 1. The third-order valence-corrected chi connectivity index (χ3v) is 3.78. The number of likely N-dealkylation sites (N-methyl/N-ethyl adjacent to an activating group) is 1. The molecule has 4 nitrogen and oxygen atoms in total. The second-order valence-electron chi connectivity index (χ2n) is 5.70. The maximum atomic E-state index is 10.1. The van der Waals surface area contributed by atoms with Crippen LogP contribution < -0.4 is 10.5 Å². The summed E-state index contributed by atoms with van der Waals surface area (Å²) in [7, 11) is 2.03. The number of rotatable bonds is 8. The van der Waals surface area contributed by atoms with Gasteiger partial charge < -0.3 is 20.5 Å². The largest absolute Gasteiger partial charge is 0.491 e. The van der Waals surface area contributed by atoms with Crippen LogP contribution in [0.4, 0.5) is 0 Å². The maximum absolute atomic E-state index is 10.1. The van der Waals surface area contributed by atoms with Gasteiger partial charge in [-0.15, -0.1) is 0 Å². The van der Waals surface area contributed by atoms with Gasteiger partial charge in [-0.3, -0.25) is 0 Å². The summed E-state index contributed by atoms with van der Waals surface area (Å²) >= 11 is 0. The highest BCUT2D eigenvalue weighted by Crippen LogP contribution is 2.17. The summed E-state index contributed by atoms with van der Waals surface area (Å²) in [5, 5.41) is 10.1. The van der Waals surface area contributed by atoms with Crippen LogP contribution in [0.15, 0.2) is 24.3 Å². The summed E-state index contributed by atoms with van der Waals surface area (Å²) in [4.78, 5) is 2.16. The van der Waals surface area contributed by atoms with Crippen molar-refractivity contribution in [3.8, 4) is 5.75 Å². The quantitative estimate of drug-likeness (QED) is 0.763. The number of para-hydroxylation sites is 1. The Morgan fingerprint density at radius 1 is 1.25 bits per heavy atom. The van der Waals surface area contributed by atoms with Crippen LogP contribution in [0.2, 0.25) is 0 Å². The van der Waals surface area contributed by atoms with Crippen molar-refractivity contribution < 1.29 is 9.84 Å². The molecule has 0 aromatic heterocycles. The number of nitrogens with two attached hydrogens (primary N) is 1. The van der Waals surface area contributed by atoms with E-state index in [9.17, 15) is 5.11 Å². The van der Waals surface area contributed by atoms with Crippen molar-refractivity contribution in [2.75, 3.05) is 20.2 Å². The third-order valence-electron chi connectivity index (χ3n) is 3.78. The average Bonchev–Trinajstić information content (AvgIpc) is 2.44. The Kier molecular flexibility index (Phi) is 6.99. The average molecular weight is 280 g/mol. The molecule has 0 bridgehead atoms. The van der Waals surface area contributed by atoms with Gasteiger partial charge in [0.2, 0.25) is 0 Å². The van der Waals surface area contributed by atoms with Crippen LogP contribution in [0.1, 0.15) is 26.3 Å². The monoisotopic (exact) mass is 280 g/mol. The summed E-state index contributed by atoms with van der Waals surface area (Å²) in [6.07, 6.45) is -0.507. The highest BCUT2D eigenvalue weighted by atomic mass is 16.5. The highest BCUT2D eigenvalue weighted by Gasteiger charge is 2.17. The van der Waals surface area contributed by atoms with Crippen LogP contribution >= 0.6 is 0 Å². The van der Waals surface area contributed by atoms with Crippen molar-refractivity contribution in [1.29, 1.82) is 0 Å². The van der Waals surface area contributed by atoms with Crippen molar-refractivity contribution in [2.45, 2.75) is 39.5 Å². The van der Waals surface area contributed by atoms with Gasteiger partial charge in [-0.2, -0.15) is 0 Å². The second kappa shape index (κ2) is 8.25. The predicted octanol–water partition coefficient (Wildman–Crippen LogP) is 1.86. The second-order valence-corrected chi connectivity index (χ2v) is 5.70. The molecule has 0 aliphatic heterocycles. The summed E-state index contributed by atoms with van der Waals surface area (Å²) in [5.74, 6) is 1.32. The molecular formula is C16H28N2O2. The topological polar surface area (TPSA) is 58.7 Å². The first-order chi connectivity index (χ1) is 9.45. The Balaban J connectivity index is 2.45. The van der Waals surface area contributed by atoms with Crippen molar-refractivity contribution in [2.24, 2.45) is 11.7 Å². The Labute approximate surface area is 122 Å². The van der Waals surface area contributed by atoms with E-state index in [1.54, 1.807) is 0 Å². The molecule has 4 heteroatoms. The molecule has 20 heavy (non-hydrogen) atoms. The summed E-state index contributed by atoms with van der Waals surface area (Å²) in [6, 6.07) is 8.10. The highest BCUT2D eigenvalue weighted by molar-refractivity contribution is 5.32. The van der Waals surface area contributed by atoms with Crippen molar-refractivity contribution >= 4 is 0 Å². The molecule has 2 unspecified atom stereocenters. The number of hydrogen-bond acceptors (Lipinski definition) is 4. The molecule has 0 amide bonds. The Hall–Kier alpha value is -1.10. The zero-order valence-electron chi connectivity index (χ0n) is 13.0. The molecular weight excluding hydrogens is 252 g/mol. The fraction of sp³-hybridized carbons (Fsp3) is 0.625. The minimum atomic E-state index is -0.507. The van der Waals surface area contributed by atoms with Crippen LogP contribution in [-0.2, 0) is 6.54 Å². The molecule has 0 aliphatic rings. The Bertz CT molecular complexity index is 396. The first kappa shape index (κ1) is 17.0. The maximum Gasteiger partial charge on any atom is 0.123 e. The molecule has 2 atom stereocenters. The van der Waals surface area contributed by atoms with Gasteiger partial charge in [-0.05, 0) is 26.0 Å². The fourth-order valence-corrected chi connectivity index (χ4v) is 2.06. The summed E-state index contributed by atoms with van der Waals surface area (Å²) < 4.78 is 5.67. The first-order valence-corrected chi connectivity index (χ1v) is 7.24. The molecule has 0 saturated carbocycles. The van der Waals surface area contributed by atoms with E-state index in [0.717, 1.165) is 11.3 Å². The zero-order valence-corrected chi connectivity index (χ0v) is 13.0. The van der Waals surface area contributed by atoms with Crippen LogP contribution in [0, 0.1) is 5.92 Å². The molecule has 3 N–H and O–H groups in total. The molecule has 0 radical (unpaired) electrons. The van der Waals surface area contributed by atoms with Gasteiger partial charge in [0.25, 0.3) is 0 Å². The normalized spacial score (nSPS) is 14.6. The standard InChI is InChI=1S/C16H28N2O2/c1-12(2)13(3)18(4)10-15(19)11-20-16-8-6-5-7-14(16)9-17/h5-8,12-13,15,19H,9-11,17H2,1-4H3. The number of aliphatic hydroxyl groups excluding tert-OH is 1. The number of ether oxygens (including phenoxy) is 1. The Morgan fingerprint density at radius 2 is 1.90 bits per heavy atom. The fourth-order valence-electron chi connectivity index (χ4n) is 2.06. The molecule has 0 spiro atoms. The van der Waals surface area contributed by atoms with Crippen molar-refractivity contribution in [3.05, 3.63) is 29.8 Å². The SMILES string of the molecule is CC(C)C(C)N(C)CC(O)COc1ccccc1CN. The molecule has 0 heterocycles. The number of hydrogen-bond donors (Lipinski definition) is 2. The van der Waals surface area contributed by atoms with E-state index in [4.69, 9.17) is 10.5 Å². The predicted molar refractivity (Wildman–Crippen MR) is 82.8 cm³/mol. The van der Waals surface area contributed by atoms with Gasteiger partial charge >= 0.3 is 0 Å². The molecule has 0 saturated heterocycles. The van der Waals surface area contributed by atoms with E-state index >= 15 is 0 Å². The molecule has 114 valence electrons. The third kappa shape index (κ3) is 5.12. The zero-order chi connectivity index (χ0) is 15.1. The molecule has 0 aliphatic carbocycles. The number of aliphatic hydroxyl groups is 1. The minimum absolute atomic E-state index is 0.284. The summed E-state index contributed by atoms with van der Waals surface area (Å²) in [5.41, 5.74) is 6.62. The van der Waals surface area contributed by atoms with Gasteiger partial charge in [0.15, 0.2) is 0 Å². The van der Waals surface area contributed by atoms with E-state index in [1.807, 2.05) is 31.3 Å². The molecule has 1 aromatic rings. The minimum Gasteiger partial charge on any atom is -0.491 e. The van der Waals surface area contributed by atoms with Gasteiger partial charge in [0.1, 0.15) is 18.5 Å². The lowest BCUT2D eigenvalue weighted by molar-refractivity contribution is 0.0580. The van der Waals surface area contributed by atoms with Gasteiger partial charge in [-0.25, -0.2) is 0 Å². The first-order valence-electron chi connectivity index (χ1n) is 7.24. The lowest BCUT2D eigenvalue weighted by Gasteiger charge is -2.29. The van der Waals surface area contributed by atoms with Crippen molar-refractivity contribution in [3.63, 3.8) is 0 Å². The number of nitrogens with zero attached hydrogens (tertiary/aromatic N) is 1. The van der Waals surface area contributed by atoms with E-state index in [2.05, 4.69) is 25.7 Å². The van der Waals surface area contributed by atoms with E-state index in [0.29, 0.717) is 25.0 Å². The van der Waals surface area contributed by atoms with E-state index in [-0.39, 0.29) is 6.61 Å². The lowest BCUT2D eigenvalue weighted by atomic mass is 10.1. The van der Waals surface area contributed by atoms with Crippen LogP contribution in [0.3, 0.4) is 0 Å². The Morgan fingerprint density at radius 3 is 2.50 bits per heavy atom. The van der Waals surface area contributed by atoms with Crippen LogP contribution in [0.5, 0.6) is 5.75 Å². The van der Waals surface area contributed by atoms with Crippen molar-refractivity contribution in [1.82, 2.24) is 4.90 Å². The van der Waals surface area contributed by atoms with Gasteiger partial charge in [0, 0.05) is 24.7 Å².